The van der Waals surface area contributed by atoms with E-state index in [0.29, 0.717) is 17.9 Å². The van der Waals surface area contributed by atoms with E-state index < -0.39 is 0 Å². The van der Waals surface area contributed by atoms with Gasteiger partial charge in [0.05, 0.1) is 17.6 Å². The number of hydrogen-bond donors (Lipinski definition) is 1. The third kappa shape index (κ3) is 4.29. The van der Waals surface area contributed by atoms with Crippen molar-refractivity contribution in [3.05, 3.63) is 71.4 Å². The standard InChI is InChI=1S/C19H19FN4O/c1-13-10-14(2)24(23-13)18-8-7-17(12-21-18)22-19(25)9-6-15-4-3-5-16(20)11-15/h3-5,7-8,10-12H,6,9H2,1-2H3,(H,22,25). The fraction of sp³-hybridized carbons (Fsp3) is 0.211. The van der Waals surface area contributed by atoms with Gasteiger partial charge in [-0.3, -0.25) is 4.79 Å². The Morgan fingerprint density at radius 1 is 1.20 bits per heavy atom. The minimum Gasteiger partial charge on any atom is -0.325 e. The Labute approximate surface area is 145 Å². The predicted octanol–water partition coefficient (Wildman–Crippen LogP) is 3.59. The molecule has 0 saturated heterocycles. The summed E-state index contributed by atoms with van der Waals surface area (Å²) >= 11 is 0. The van der Waals surface area contributed by atoms with Gasteiger partial charge in [0.15, 0.2) is 5.82 Å². The number of aromatic nitrogens is 3. The summed E-state index contributed by atoms with van der Waals surface area (Å²) in [6, 6.07) is 11.9. The van der Waals surface area contributed by atoms with Crippen LogP contribution in [-0.4, -0.2) is 20.7 Å². The molecule has 6 heteroatoms. The van der Waals surface area contributed by atoms with Crippen molar-refractivity contribution in [2.75, 3.05) is 5.32 Å². The lowest BCUT2D eigenvalue weighted by atomic mass is 10.1. The lowest BCUT2D eigenvalue weighted by molar-refractivity contribution is -0.116. The minimum atomic E-state index is -0.290. The molecule has 0 bridgehead atoms. The summed E-state index contributed by atoms with van der Waals surface area (Å²) < 4.78 is 14.9. The van der Waals surface area contributed by atoms with Crippen LogP contribution >= 0.6 is 0 Å². The first-order valence-electron chi connectivity index (χ1n) is 8.05. The van der Waals surface area contributed by atoms with E-state index in [4.69, 9.17) is 0 Å². The number of nitrogens with one attached hydrogen (secondary N) is 1. The zero-order valence-corrected chi connectivity index (χ0v) is 14.2. The summed E-state index contributed by atoms with van der Waals surface area (Å²) in [6.45, 7) is 3.89. The summed E-state index contributed by atoms with van der Waals surface area (Å²) in [5.41, 5.74) is 3.34. The van der Waals surface area contributed by atoms with Crippen molar-refractivity contribution in [2.24, 2.45) is 0 Å². The quantitative estimate of drug-likeness (QED) is 0.773. The van der Waals surface area contributed by atoms with Crippen LogP contribution in [0.4, 0.5) is 10.1 Å². The van der Waals surface area contributed by atoms with E-state index in [1.165, 1.54) is 12.1 Å². The molecular weight excluding hydrogens is 319 g/mol. The monoisotopic (exact) mass is 338 g/mol. The van der Waals surface area contributed by atoms with Gasteiger partial charge < -0.3 is 5.32 Å². The molecule has 0 atom stereocenters. The third-order valence-corrected chi connectivity index (χ3v) is 3.79. The molecule has 5 nitrogen and oxygen atoms in total. The molecule has 0 unspecified atom stereocenters. The largest absolute Gasteiger partial charge is 0.325 e. The average molecular weight is 338 g/mol. The Hall–Kier alpha value is -3.02. The molecule has 0 radical (unpaired) electrons. The van der Waals surface area contributed by atoms with Crippen LogP contribution < -0.4 is 5.32 Å². The van der Waals surface area contributed by atoms with Crippen LogP contribution in [0.15, 0.2) is 48.7 Å². The van der Waals surface area contributed by atoms with Crippen LogP contribution in [0, 0.1) is 19.7 Å². The first-order chi connectivity index (χ1) is 12.0. The molecule has 2 aromatic heterocycles. The van der Waals surface area contributed by atoms with Gasteiger partial charge in [-0.05, 0) is 56.2 Å². The molecule has 0 spiro atoms. The van der Waals surface area contributed by atoms with Crippen molar-refractivity contribution in [3.63, 3.8) is 0 Å². The number of carbonyl (C=O) groups excluding carboxylic acids is 1. The molecule has 2 heterocycles. The van der Waals surface area contributed by atoms with Gasteiger partial charge in [-0.25, -0.2) is 14.1 Å². The maximum atomic E-state index is 13.1. The SMILES string of the molecule is Cc1cc(C)n(-c2ccc(NC(=O)CCc3cccc(F)c3)cn2)n1. The molecule has 25 heavy (non-hydrogen) atoms. The van der Waals surface area contributed by atoms with Crippen molar-refractivity contribution in [2.45, 2.75) is 26.7 Å². The summed E-state index contributed by atoms with van der Waals surface area (Å²) in [5, 5.41) is 7.18. The van der Waals surface area contributed by atoms with Gasteiger partial charge in [0.25, 0.3) is 0 Å². The lowest BCUT2D eigenvalue weighted by Gasteiger charge is -2.07. The molecule has 1 amide bonds. The van der Waals surface area contributed by atoms with Crippen LogP contribution in [0.5, 0.6) is 0 Å². The molecule has 1 aromatic carbocycles. The maximum absolute atomic E-state index is 13.1. The second-order valence-electron chi connectivity index (χ2n) is 5.92. The molecule has 0 aliphatic rings. The Morgan fingerprint density at radius 3 is 2.68 bits per heavy atom. The first kappa shape index (κ1) is 16.8. The van der Waals surface area contributed by atoms with Crippen molar-refractivity contribution in [3.8, 4) is 5.82 Å². The number of pyridine rings is 1. The molecule has 3 rings (SSSR count). The fourth-order valence-corrected chi connectivity index (χ4v) is 2.62. The Bertz CT molecular complexity index is 887. The molecule has 128 valence electrons. The van der Waals surface area contributed by atoms with E-state index in [1.807, 2.05) is 26.0 Å². The predicted molar refractivity (Wildman–Crippen MR) is 94.2 cm³/mol. The number of nitrogens with zero attached hydrogens (tertiary/aromatic N) is 3. The highest BCUT2D eigenvalue weighted by atomic mass is 19.1. The molecular formula is C19H19FN4O. The van der Waals surface area contributed by atoms with Gasteiger partial charge in [-0.15, -0.1) is 0 Å². The van der Waals surface area contributed by atoms with Crippen LogP contribution in [0.3, 0.4) is 0 Å². The normalized spacial score (nSPS) is 10.7. The summed E-state index contributed by atoms with van der Waals surface area (Å²) in [5.74, 6) is 0.273. The number of rotatable bonds is 5. The van der Waals surface area contributed by atoms with Gasteiger partial charge in [0.2, 0.25) is 5.91 Å². The van der Waals surface area contributed by atoms with E-state index in [0.717, 1.165) is 17.0 Å². The molecule has 0 saturated carbocycles. The zero-order chi connectivity index (χ0) is 17.8. The molecule has 0 fully saturated rings. The van der Waals surface area contributed by atoms with E-state index in [1.54, 1.807) is 29.1 Å². The second kappa shape index (κ2) is 7.25. The van der Waals surface area contributed by atoms with Crippen LogP contribution in [0.1, 0.15) is 23.4 Å². The Morgan fingerprint density at radius 2 is 2.04 bits per heavy atom. The number of aryl methyl sites for hydroxylation is 3. The molecule has 0 aliphatic carbocycles. The van der Waals surface area contributed by atoms with E-state index in [9.17, 15) is 9.18 Å². The van der Waals surface area contributed by atoms with Crippen LogP contribution in [-0.2, 0) is 11.2 Å². The minimum absolute atomic E-state index is 0.134. The van der Waals surface area contributed by atoms with E-state index in [-0.39, 0.29) is 18.1 Å². The number of amides is 1. The third-order valence-electron chi connectivity index (χ3n) is 3.79. The maximum Gasteiger partial charge on any atom is 0.224 e. The van der Waals surface area contributed by atoms with Crippen molar-refractivity contribution in [1.82, 2.24) is 14.8 Å². The number of anilines is 1. The highest BCUT2D eigenvalue weighted by Crippen LogP contribution is 2.13. The van der Waals surface area contributed by atoms with E-state index in [2.05, 4.69) is 15.4 Å². The smallest absolute Gasteiger partial charge is 0.224 e. The van der Waals surface area contributed by atoms with E-state index >= 15 is 0 Å². The highest BCUT2D eigenvalue weighted by Gasteiger charge is 2.07. The summed E-state index contributed by atoms with van der Waals surface area (Å²) in [4.78, 5) is 16.4. The molecule has 1 N–H and O–H groups in total. The van der Waals surface area contributed by atoms with Gasteiger partial charge in [-0.2, -0.15) is 5.10 Å². The van der Waals surface area contributed by atoms with Crippen molar-refractivity contribution in [1.29, 1.82) is 0 Å². The van der Waals surface area contributed by atoms with Gasteiger partial charge in [0, 0.05) is 12.1 Å². The highest BCUT2D eigenvalue weighted by molar-refractivity contribution is 5.90. The Balaban J connectivity index is 1.59. The first-order valence-corrected chi connectivity index (χ1v) is 8.05. The number of halogens is 1. The zero-order valence-electron chi connectivity index (χ0n) is 14.2. The van der Waals surface area contributed by atoms with Gasteiger partial charge >= 0.3 is 0 Å². The number of carbonyl (C=O) groups is 1. The van der Waals surface area contributed by atoms with Crippen molar-refractivity contribution >= 4 is 11.6 Å². The van der Waals surface area contributed by atoms with Crippen molar-refractivity contribution < 1.29 is 9.18 Å². The fourth-order valence-electron chi connectivity index (χ4n) is 2.62. The van der Waals surface area contributed by atoms with Crippen LogP contribution in [0.2, 0.25) is 0 Å². The average Bonchev–Trinajstić information content (AvgIpc) is 2.92. The number of hydrogen-bond acceptors (Lipinski definition) is 3. The summed E-state index contributed by atoms with van der Waals surface area (Å²) in [7, 11) is 0. The second-order valence-corrected chi connectivity index (χ2v) is 5.92. The molecule has 0 aliphatic heterocycles. The summed E-state index contributed by atoms with van der Waals surface area (Å²) in [6.07, 6.45) is 2.37. The lowest BCUT2D eigenvalue weighted by Crippen LogP contribution is -2.13. The van der Waals surface area contributed by atoms with Crippen LogP contribution in [0.25, 0.3) is 5.82 Å². The topological polar surface area (TPSA) is 59.8 Å². The number of benzene rings is 1. The van der Waals surface area contributed by atoms with Gasteiger partial charge in [-0.1, -0.05) is 12.1 Å². The van der Waals surface area contributed by atoms with Gasteiger partial charge in [0.1, 0.15) is 5.82 Å². The molecule has 3 aromatic rings. The Kier molecular flexibility index (Phi) is 4.88.